The molecule has 1 atom stereocenters. The average molecular weight is 462 g/mol. The van der Waals surface area contributed by atoms with Crippen molar-refractivity contribution < 1.29 is 23.8 Å². The van der Waals surface area contributed by atoms with Crippen LogP contribution in [-0.4, -0.2) is 42.0 Å². The van der Waals surface area contributed by atoms with Gasteiger partial charge < -0.3 is 14.7 Å². The Balaban J connectivity index is 2.16. The summed E-state index contributed by atoms with van der Waals surface area (Å²) in [5, 5.41) is 11.0. The van der Waals surface area contributed by atoms with Crippen LogP contribution in [0.2, 0.25) is 0 Å². The minimum atomic E-state index is -1.00. The molecule has 1 unspecified atom stereocenters. The van der Waals surface area contributed by atoms with Crippen molar-refractivity contribution in [2.24, 2.45) is 0 Å². The number of carbonyl (C=O) groups excluding carboxylic acids is 2. The molecule has 7 heteroatoms. The van der Waals surface area contributed by atoms with Crippen LogP contribution in [0.15, 0.2) is 52.5 Å². The van der Waals surface area contributed by atoms with Gasteiger partial charge >= 0.3 is 0 Å². The first-order valence-corrected chi connectivity index (χ1v) is 9.94. The zero-order chi connectivity index (χ0) is 21.1. The second kappa shape index (κ2) is 8.88. The van der Waals surface area contributed by atoms with E-state index in [1.165, 1.54) is 23.1 Å². The van der Waals surface area contributed by atoms with Crippen molar-refractivity contribution in [2.75, 3.05) is 20.3 Å². The molecular formula is C22H21BrFNO4. The van der Waals surface area contributed by atoms with Gasteiger partial charge in [-0.1, -0.05) is 40.2 Å². The minimum absolute atomic E-state index is 0.112. The summed E-state index contributed by atoms with van der Waals surface area (Å²) in [6.45, 7) is 2.44. The highest BCUT2D eigenvalue weighted by Crippen LogP contribution is 2.40. The number of rotatable bonds is 6. The molecule has 0 aromatic heterocycles. The third kappa shape index (κ3) is 4.11. The summed E-state index contributed by atoms with van der Waals surface area (Å²) in [6.07, 6.45) is 0.478. The zero-order valence-electron chi connectivity index (χ0n) is 16.1. The number of likely N-dealkylation sites (tertiary alicyclic amines) is 1. The number of methoxy groups -OCH3 is 1. The summed E-state index contributed by atoms with van der Waals surface area (Å²) in [4.78, 5) is 26.9. The van der Waals surface area contributed by atoms with E-state index in [9.17, 15) is 19.1 Å². The molecule has 0 bridgehead atoms. The molecule has 0 radical (unpaired) electrons. The average Bonchev–Trinajstić information content (AvgIpc) is 2.95. The lowest BCUT2D eigenvalue weighted by molar-refractivity contribution is -0.140. The summed E-state index contributed by atoms with van der Waals surface area (Å²) in [5.41, 5.74) is 1.30. The van der Waals surface area contributed by atoms with E-state index in [-0.39, 0.29) is 23.4 Å². The number of halogens is 2. The van der Waals surface area contributed by atoms with Gasteiger partial charge in [-0.3, -0.25) is 9.59 Å². The highest BCUT2D eigenvalue weighted by atomic mass is 79.9. The molecule has 2 aromatic rings. The number of ether oxygens (including phenoxy) is 1. The lowest BCUT2D eigenvalue weighted by Crippen LogP contribution is -2.31. The topological polar surface area (TPSA) is 66.8 Å². The van der Waals surface area contributed by atoms with Gasteiger partial charge in [0.2, 0.25) is 0 Å². The van der Waals surface area contributed by atoms with Gasteiger partial charge in [0, 0.05) is 35.9 Å². The molecule has 5 nitrogen and oxygen atoms in total. The van der Waals surface area contributed by atoms with E-state index in [1.54, 1.807) is 31.4 Å². The van der Waals surface area contributed by atoms with Gasteiger partial charge in [-0.05, 0) is 37.1 Å². The maximum Gasteiger partial charge on any atom is 0.295 e. The van der Waals surface area contributed by atoms with E-state index < -0.39 is 23.5 Å². The highest BCUT2D eigenvalue weighted by Gasteiger charge is 2.46. The van der Waals surface area contributed by atoms with Crippen LogP contribution in [0.25, 0.3) is 5.76 Å². The summed E-state index contributed by atoms with van der Waals surface area (Å²) in [5.74, 6) is -2.45. The molecule has 0 spiro atoms. The second-order valence-electron chi connectivity index (χ2n) is 6.82. The third-order valence-electron chi connectivity index (χ3n) is 4.92. The molecular weight excluding hydrogens is 441 g/mol. The molecule has 2 aromatic carbocycles. The number of Topliss-reactive ketones (excluding diaryl/α,β-unsaturated/α-hetero) is 1. The molecule has 1 aliphatic rings. The molecule has 3 rings (SSSR count). The number of aryl methyl sites for hydroxylation is 1. The Morgan fingerprint density at radius 1 is 1.24 bits per heavy atom. The summed E-state index contributed by atoms with van der Waals surface area (Å²) < 4.78 is 20.5. The van der Waals surface area contributed by atoms with Crippen LogP contribution < -0.4 is 0 Å². The van der Waals surface area contributed by atoms with Crippen molar-refractivity contribution >= 4 is 33.4 Å². The van der Waals surface area contributed by atoms with Crippen molar-refractivity contribution in [3.63, 3.8) is 0 Å². The van der Waals surface area contributed by atoms with E-state index in [1.807, 2.05) is 6.92 Å². The van der Waals surface area contributed by atoms with Crippen LogP contribution in [0.1, 0.15) is 29.2 Å². The third-order valence-corrected chi connectivity index (χ3v) is 5.81. The fourth-order valence-electron chi connectivity index (χ4n) is 3.46. The van der Waals surface area contributed by atoms with Crippen molar-refractivity contribution in [3.8, 4) is 0 Å². The molecule has 0 aliphatic carbocycles. The Morgan fingerprint density at radius 2 is 1.97 bits per heavy atom. The smallest absolute Gasteiger partial charge is 0.295 e. The fourth-order valence-corrected chi connectivity index (χ4v) is 3.70. The zero-order valence-corrected chi connectivity index (χ0v) is 17.7. The maximum atomic E-state index is 14.6. The van der Waals surface area contributed by atoms with E-state index in [2.05, 4.69) is 15.9 Å². The summed E-state index contributed by atoms with van der Waals surface area (Å²) in [7, 11) is 1.54. The Kier molecular flexibility index (Phi) is 6.49. The molecule has 152 valence electrons. The van der Waals surface area contributed by atoms with Crippen LogP contribution >= 0.6 is 15.9 Å². The number of hydrogen-bond acceptors (Lipinski definition) is 4. The van der Waals surface area contributed by atoms with Gasteiger partial charge in [0.15, 0.2) is 0 Å². The number of benzene rings is 2. The first-order chi connectivity index (χ1) is 13.9. The van der Waals surface area contributed by atoms with Gasteiger partial charge in [0.1, 0.15) is 11.6 Å². The van der Waals surface area contributed by atoms with Crippen LogP contribution in [0.3, 0.4) is 0 Å². The number of aliphatic hydroxyl groups excluding tert-OH is 1. The van der Waals surface area contributed by atoms with Crippen LogP contribution in [-0.2, 0) is 14.3 Å². The molecule has 1 saturated heterocycles. The molecule has 1 amide bonds. The highest BCUT2D eigenvalue weighted by molar-refractivity contribution is 9.10. The number of nitrogens with zero attached hydrogens (tertiary/aromatic N) is 1. The van der Waals surface area contributed by atoms with Gasteiger partial charge in [-0.25, -0.2) is 4.39 Å². The van der Waals surface area contributed by atoms with Gasteiger partial charge in [-0.15, -0.1) is 0 Å². The summed E-state index contributed by atoms with van der Waals surface area (Å²) >= 11 is 3.40. The lowest BCUT2D eigenvalue weighted by Gasteiger charge is -2.25. The van der Waals surface area contributed by atoms with Gasteiger partial charge in [-0.2, -0.15) is 0 Å². The van der Waals surface area contributed by atoms with Gasteiger partial charge in [0.05, 0.1) is 11.6 Å². The molecule has 1 aliphatic heterocycles. The van der Waals surface area contributed by atoms with E-state index in [4.69, 9.17) is 4.74 Å². The fraction of sp³-hybridized carbons (Fsp3) is 0.273. The summed E-state index contributed by atoms with van der Waals surface area (Å²) in [6, 6.07) is 10.1. The number of aliphatic hydroxyl groups is 1. The molecule has 0 saturated carbocycles. The SMILES string of the molecule is COCCCN1C(=O)C(=O)/C(=C(/O)c2ccc(Br)c(C)c2)C1c1ccccc1F. The number of ketones is 1. The molecule has 29 heavy (non-hydrogen) atoms. The van der Waals surface area contributed by atoms with Crippen molar-refractivity contribution in [2.45, 2.75) is 19.4 Å². The van der Waals surface area contributed by atoms with Crippen LogP contribution in [0, 0.1) is 12.7 Å². The van der Waals surface area contributed by atoms with E-state index in [0.717, 1.165) is 10.0 Å². The maximum absolute atomic E-state index is 14.6. The normalized spacial score (nSPS) is 18.5. The second-order valence-corrected chi connectivity index (χ2v) is 7.68. The first kappa shape index (κ1) is 21.2. The first-order valence-electron chi connectivity index (χ1n) is 9.15. The lowest BCUT2D eigenvalue weighted by atomic mass is 9.94. The van der Waals surface area contributed by atoms with E-state index >= 15 is 0 Å². The molecule has 1 N–H and O–H groups in total. The Bertz CT molecular complexity index is 989. The number of amides is 1. The van der Waals surface area contributed by atoms with Gasteiger partial charge in [0.25, 0.3) is 11.7 Å². The Morgan fingerprint density at radius 3 is 2.62 bits per heavy atom. The standard InChI is InChI=1S/C22H21BrFNO4/c1-13-12-14(8-9-16(13)23)20(26)18-19(15-6-3-4-7-17(15)24)25(10-5-11-29-2)22(28)21(18)27/h3-4,6-9,12,19,26H,5,10-11H2,1-2H3/b20-18+. The largest absolute Gasteiger partial charge is 0.507 e. The molecule has 1 heterocycles. The molecule has 1 fully saturated rings. The minimum Gasteiger partial charge on any atom is -0.507 e. The number of hydrogen-bond donors (Lipinski definition) is 1. The number of carbonyl (C=O) groups is 2. The van der Waals surface area contributed by atoms with Crippen molar-refractivity contribution in [1.82, 2.24) is 4.90 Å². The predicted octanol–water partition coefficient (Wildman–Crippen LogP) is 4.35. The van der Waals surface area contributed by atoms with Crippen molar-refractivity contribution in [1.29, 1.82) is 0 Å². The quantitative estimate of drug-likeness (QED) is 0.300. The van der Waals surface area contributed by atoms with E-state index in [0.29, 0.717) is 18.6 Å². The predicted molar refractivity (Wildman–Crippen MR) is 111 cm³/mol. The van der Waals surface area contributed by atoms with Crippen molar-refractivity contribution in [3.05, 3.63) is 75.0 Å². The Hall–Kier alpha value is -2.51. The monoisotopic (exact) mass is 461 g/mol. The van der Waals surface area contributed by atoms with Crippen LogP contribution in [0.4, 0.5) is 4.39 Å². The Labute approximate surface area is 176 Å². The van der Waals surface area contributed by atoms with Crippen LogP contribution in [0.5, 0.6) is 0 Å².